The number of carboxylic acid groups (broad SMARTS) is 1. The molecule has 178 valence electrons. The summed E-state index contributed by atoms with van der Waals surface area (Å²) >= 11 is 1.62. The summed E-state index contributed by atoms with van der Waals surface area (Å²) in [6.07, 6.45) is 10.1. The van der Waals surface area contributed by atoms with E-state index in [-0.39, 0.29) is 18.1 Å². The van der Waals surface area contributed by atoms with Crippen LogP contribution in [0.25, 0.3) is 21.6 Å². The summed E-state index contributed by atoms with van der Waals surface area (Å²) in [6, 6.07) is 6.92. The number of rotatable bonds is 3. The Morgan fingerprint density at radius 1 is 1.09 bits per heavy atom. The van der Waals surface area contributed by atoms with Crippen molar-refractivity contribution in [2.75, 3.05) is 44.3 Å². The topological polar surface area (TPSA) is 116 Å². The number of thiophene rings is 1. The van der Waals surface area contributed by atoms with Crippen molar-refractivity contribution in [2.24, 2.45) is 0 Å². The van der Waals surface area contributed by atoms with E-state index in [1.54, 1.807) is 23.5 Å². The number of aromatic nitrogens is 2. The minimum Gasteiger partial charge on any atom is -0.508 e. The molecule has 2 fully saturated rings. The number of nitrogens with zero attached hydrogens (tertiary/aromatic N) is 4. The zero-order valence-electron chi connectivity index (χ0n) is 18.6. The molecule has 10 heteroatoms. The molecule has 3 aromatic rings. The number of likely N-dealkylation sites (tertiary alicyclic amines) is 1. The van der Waals surface area contributed by atoms with Gasteiger partial charge in [0.1, 0.15) is 5.75 Å². The van der Waals surface area contributed by atoms with Crippen molar-refractivity contribution >= 4 is 39.8 Å². The van der Waals surface area contributed by atoms with E-state index in [2.05, 4.69) is 17.7 Å². The lowest BCUT2D eigenvalue weighted by Crippen LogP contribution is -2.36. The Bertz CT molecular complexity index is 1150. The molecule has 0 atom stereocenters. The summed E-state index contributed by atoms with van der Waals surface area (Å²) in [6.45, 7) is 4.19. The molecule has 5 rings (SSSR count). The average molecular weight is 483 g/mol. The molecule has 2 aromatic heterocycles. The number of hydrogen-bond acceptors (Lipinski definition) is 8. The molecular formula is C24H26N4O5S. The molecule has 0 radical (unpaired) electrons. The molecule has 2 aliphatic heterocycles. The maximum atomic E-state index is 12.8. The van der Waals surface area contributed by atoms with Crippen LogP contribution in [-0.2, 0) is 9.53 Å². The van der Waals surface area contributed by atoms with Crippen molar-refractivity contribution in [3.63, 3.8) is 0 Å². The van der Waals surface area contributed by atoms with Gasteiger partial charge in [-0.2, -0.15) is 0 Å². The highest BCUT2D eigenvalue weighted by molar-refractivity contribution is 7.17. The van der Waals surface area contributed by atoms with Crippen LogP contribution < -0.4 is 4.90 Å². The van der Waals surface area contributed by atoms with Gasteiger partial charge >= 0.3 is 0 Å². The molecule has 9 nitrogen and oxygen atoms in total. The van der Waals surface area contributed by atoms with Gasteiger partial charge in [-0.1, -0.05) is 0 Å². The standard InChI is InChI=1S/C21H22N4O3S.C2H2.CH2O2/c26-16-12-14(11-15(13-16)21(27)25-4-1-2-5-25)19-22-17-3-10-29-18(17)20(23-19)24-6-8-28-9-7-24;1-2;2-1-3/h3,10-13,26H,1-2,4-9H2;1-2H;1H,(H,2,3). The highest BCUT2D eigenvalue weighted by atomic mass is 32.1. The number of phenols is 1. The molecular weight excluding hydrogens is 456 g/mol. The third-order valence-electron chi connectivity index (χ3n) is 5.41. The molecule has 2 N–H and O–H groups in total. The number of terminal acetylenes is 1. The molecule has 0 bridgehead atoms. The first-order valence-electron chi connectivity index (χ1n) is 10.7. The van der Waals surface area contributed by atoms with E-state index in [0.29, 0.717) is 30.2 Å². The maximum Gasteiger partial charge on any atom is 0.290 e. The molecule has 0 unspecified atom stereocenters. The van der Waals surface area contributed by atoms with E-state index in [1.807, 2.05) is 16.3 Å². The lowest BCUT2D eigenvalue weighted by Gasteiger charge is -2.28. The number of fused-ring (bicyclic) bond motifs is 1. The van der Waals surface area contributed by atoms with Crippen molar-refractivity contribution in [3.05, 3.63) is 35.2 Å². The zero-order valence-corrected chi connectivity index (χ0v) is 19.4. The van der Waals surface area contributed by atoms with Crippen LogP contribution in [0.5, 0.6) is 5.75 Å². The summed E-state index contributed by atoms with van der Waals surface area (Å²) in [5, 5.41) is 19.2. The fraction of sp³-hybridized carbons (Fsp3) is 0.333. The number of carbonyl (C=O) groups excluding carboxylic acids is 1. The predicted octanol–water partition coefficient (Wildman–Crippen LogP) is 3.09. The smallest absolute Gasteiger partial charge is 0.290 e. The monoisotopic (exact) mass is 482 g/mol. The van der Waals surface area contributed by atoms with E-state index in [4.69, 9.17) is 24.6 Å². The molecule has 0 spiro atoms. The third kappa shape index (κ3) is 5.62. The normalized spacial score (nSPS) is 15.1. The Labute approximate surface area is 201 Å². The summed E-state index contributed by atoms with van der Waals surface area (Å²) < 4.78 is 6.52. The Balaban J connectivity index is 0.000000603. The second-order valence-corrected chi connectivity index (χ2v) is 8.39. The van der Waals surface area contributed by atoms with Gasteiger partial charge in [-0.3, -0.25) is 9.59 Å². The second-order valence-electron chi connectivity index (χ2n) is 7.48. The maximum absolute atomic E-state index is 12.8. The minimum absolute atomic E-state index is 0.0481. The van der Waals surface area contributed by atoms with Crippen molar-refractivity contribution in [1.29, 1.82) is 0 Å². The van der Waals surface area contributed by atoms with Crippen molar-refractivity contribution in [2.45, 2.75) is 12.8 Å². The van der Waals surface area contributed by atoms with E-state index >= 15 is 0 Å². The Kier molecular flexibility index (Phi) is 8.79. The molecule has 1 aromatic carbocycles. The van der Waals surface area contributed by atoms with Gasteiger partial charge in [-0.15, -0.1) is 24.2 Å². The van der Waals surface area contributed by atoms with Gasteiger partial charge in [-0.05, 0) is 42.5 Å². The van der Waals surface area contributed by atoms with Gasteiger partial charge in [0, 0.05) is 37.3 Å². The summed E-state index contributed by atoms with van der Waals surface area (Å²) in [4.78, 5) is 34.8. The molecule has 2 aliphatic rings. The Hall–Kier alpha value is -3.68. The molecule has 34 heavy (non-hydrogen) atoms. The lowest BCUT2D eigenvalue weighted by molar-refractivity contribution is -0.122. The highest BCUT2D eigenvalue weighted by Gasteiger charge is 2.22. The summed E-state index contributed by atoms with van der Waals surface area (Å²) in [5.41, 5.74) is 2.00. The molecule has 0 saturated carbocycles. The predicted molar refractivity (Wildman–Crippen MR) is 131 cm³/mol. The van der Waals surface area contributed by atoms with Crippen LogP contribution in [0.15, 0.2) is 29.6 Å². The third-order valence-corrected chi connectivity index (χ3v) is 6.31. The summed E-state index contributed by atoms with van der Waals surface area (Å²) in [5.74, 6) is 1.40. The van der Waals surface area contributed by atoms with Crippen molar-refractivity contribution < 1.29 is 24.5 Å². The molecule has 4 heterocycles. The van der Waals surface area contributed by atoms with Crippen LogP contribution in [0.1, 0.15) is 23.2 Å². The van der Waals surface area contributed by atoms with E-state index < -0.39 is 0 Å². The first-order chi connectivity index (χ1) is 16.6. The molecule has 0 aliphatic carbocycles. The molecule has 1 amide bonds. The number of aromatic hydroxyl groups is 1. The number of benzene rings is 1. The SMILES string of the molecule is C#C.O=C(c1cc(O)cc(-c2nc(N3CCOCC3)c3sccc3n2)c1)N1CCCC1.O=CO. The van der Waals surface area contributed by atoms with E-state index in [0.717, 1.165) is 55.1 Å². The zero-order chi connectivity index (χ0) is 24.5. The van der Waals surface area contributed by atoms with Crippen LogP contribution in [0.4, 0.5) is 5.82 Å². The van der Waals surface area contributed by atoms with Gasteiger partial charge in [0.25, 0.3) is 12.4 Å². The number of carbonyl (C=O) groups is 2. The number of ether oxygens (including phenoxy) is 1. The van der Waals surface area contributed by atoms with Gasteiger partial charge in [0.2, 0.25) is 0 Å². The number of hydrogen-bond donors (Lipinski definition) is 2. The fourth-order valence-corrected chi connectivity index (χ4v) is 4.78. The quantitative estimate of drug-likeness (QED) is 0.432. The highest BCUT2D eigenvalue weighted by Crippen LogP contribution is 2.33. The lowest BCUT2D eigenvalue weighted by atomic mass is 10.1. The van der Waals surface area contributed by atoms with Crippen LogP contribution in [0.3, 0.4) is 0 Å². The van der Waals surface area contributed by atoms with Crippen LogP contribution in [-0.4, -0.2) is 76.9 Å². The van der Waals surface area contributed by atoms with E-state index in [9.17, 15) is 9.90 Å². The van der Waals surface area contributed by atoms with Gasteiger partial charge in [-0.25, -0.2) is 9.97 Å². The number of morpholine rings is 1. The number of amides is 1. The van der Waals surface area contributed by atoms with Gasteiger partial charge in [0.15, 0.2) is 11.6 Å². The van der Waals surface area contributed by atoms with Crippen molar-refractivity contribution in [1.82, 2.24) is 14.9 Å². The Morgan fingerprint density at radius 3 is 2.44 bits per heavy atom. The molecule has 2 saturated heterocycles. The second kappa shape index (κ2) is 12.0. The first kappa shape index (κ1) is 25.0. The summed E-state index contributed by atoms with van der Waals surface area (Å²) in [7, 11) is 0. The minimum atomic E-state index is -0.250. The van der Waals surface area contributed by atoms with Crippen LogP contribution in [0, 0.1) is 12.8 Å². The number of phenolic OH excluding ortho intramolecular Hbond substituents is 1. The fourth-order valence-electron chi connectivity index (χ4n) is 3.93. The Morgan fingerprint density at radius 2 is 1.76 bits per heavy atom. The average Bonchev–Trinajstić information content (AvgIpc) is 3.57. The number of anilines is 1. The first-order valence-corrected chi connectivity index (χ1v) is 11.6. The van der Waals surface area contributed by atoms with Crippen LogP contribution in [0.2, 0.25) is 0 Å². The van der Waals surface area contributed by atoms with Crippen LogP contribution >= 0.6 is 11.3 Å². The van der Waals surface area contributed by atoms with Crippen molar-refractivity contribution in [3.8, 4) is 30.0 Å². The van der Waals surface area contributed by atoms with Gasteiger partial charge in [0.05, 0.1) is 23.4 Å². The van der Waals surface area contributed by atoms with Gasteiger partial charge < -0.3 is 24.7 Å². The van der Waals surface area contributed by atoms with E-state index in [1.165, 1.54) is 6.07 Å². The largest absolute Gasteiger partial charge is 0.508 e.